The lowest BCUT2D eigenvalue weighted by atomic mass is 9.97. The van der Waals surface area contributed by atoms with Crippen LogP contribution < -0.4 is 0 Å². The topological polar surface area (TPSA) is 71.9 Å². The van der Waals surface area contributed by atoms with Crippen molar-refractivity contribution in [2.45, 2.75) is 51.3 Å². The van der Waals surface area contributed by atoms with Gasteiger partial charge in [-0.25, -0.2) is 4.79 Å². The van der Waals surface area contributed by atoms with Crippen molar-refractivity contribution in [1.82, 2.24) is 9.88 Å². The van der Waals surface area contributed by atoms with E-state index in [1.165, 1.54) is 4.90 Å². The van der Waals surface area contributed by atoms with Gasteiger partial charge in [-0.2, -0.15) is 13.2 Å². The molecule has 1 aliphatic heterocycles. The number of carbonyl (C=O) groups excluding carboxylic acids is 1. The highest BCUT2D eigenvalue weighted by Gasteiger charge is 2.43. The van der Waals surface area contributed by atoms with Crippen LogP contribution in [0.3, 0.4) is 0 Å². The number of halogens is 3. The van der Waals surface area contributed by atoms with Crippen LogP contribution >= 0.6 is 0 Å². The minimum Gasteiger partial charge on any atom is -0.434 e. The summed E-state index contributed by atoms with van der Waals surface area (Å²) in [7, 11) is 0. The summed E-state index contributed by atoms with van der Waals surface area (Å²) >= 11 is 0. The van der Waals surface area contributed by atoms with Crippen molar-refractivity contribution in [1.29, 1.82) is 0 Å². The first-order valence-electron chi connectivity index (χ1n) is 9.92. The molecule has 1 aromatic heterocycles. The molecule has 1 N–H and O–H groups in total. The van der Waals surface area contributed by atoms with Gasteiger partial charge in [0.2, 0.25) is 6.10 Å². The molecule has 1 aliphatic rings. The highest BCUT2D eigenvalue weighted by atomic mass is 19.4. The maximum atomic E-state index is 12.7. The van der Waals surface area contributed by atoms with E-state index in [0.717, 1.165) is 30.5 Å². The zero-order valence-corrected chi connectivity index (χ0v) is 16.7. The van der Waals surface area contributed by atoms with E-state index in [2.05, 4.69) is 9.72 Å². The number of aryl methyl sites for hydroxylation is 1. The molecule has 1 fully saturated rings. The highest BCUT2D eigenvalue weighted by molar-refractivity contribution is 5.67. The largest absolute Gasteiger partial charge is 0.434 e. The Labute approximate surface area is 169 Å². The number of amides is 1. The summed E-state index contributed by atoms with van der Waals surface area (Å²) in [5.74, 6) is 0.299. The second-order valence-corrected chi connectivity index (χ2v) is 7.40. The summed E-state index contributed by atoms with van der Waals surface area (Å²) in [5, 5.41) is 8.85. The van der Waals surface area contributed by atoms with Crippen LogP contribution in [0, 0.1) is 12.8 Å². The van der Waals surface area contributed by atoms with E-state index in [4.69, 9.17) is 9.84 Å². The van der Waals surface area contributed by atoms with Gasteiger partial charge >= 0.3 is 12.3 Å². The van der Waals surface area contributed by atoms with E-state index < -0.39 is 25.0 Å². The van der Waals surface area contributed by atoms with Gasteiger partial charge < -0.3 is 19.5 Å². The van der Waals surface area contributed by atoms with E-state index in [1.807, 2.05) is 25.3 Å². The summed E-state index contributed by atoms with van der Waals surface area (Å²) in [6, 6.07) is 4.04. The van der Waals surface area contributed by atoms with Gasteiger partial charge in [-0.15, -0.1) is 0 Å². The van der Waals surface area contributed by atoms with Crippen LogP contribution in [0.25, 0.3) is 0 Å². The zero-order valence-electron chi connectivity index (χ0n) is 16.7. The molecule has 1 unspecified atom stereocenters. The summed E-state index contributed by atoms with van der Waals surface area (Å²) in [4.78, 5) is 17.8. The summed E-state index contributed by atoms with van der Waals surface area (Å²) in [5.41, 5.74) is 2.11. The van der Waals surface area contributed by atoms with Crippen LogP contribution in [0.15, 0.2) is 18.3 Å². The van der Waals surface area contributed by atoms with E-state index >= 15 is 0 Å². The van der Waals surface area contributed by atoms with Gasteiger partial charge in [-0.3, -0.25) is 4.98 Å². The fraction of sp³-hybridized carbons (Fsp3) is 0.700. The fourth-order valence-electron chi connectivity index (χ4n) is 3.20. The van der Waals surface area contributed by atoms with Crippen LogP contribution in [0.4, 0.5) is 18.0 Å². The minimum absolute atomic E-state index is 0.249. The Balaban J connectivity index is 1.88. The molecule has 0 radical (unpaired) electrons. The number of aliphatic hydroxyl groups is 1. The van der Waals surface area contributed by atoms with Gasteiger partial charge in [-0.1, -0.05) is 12.5 Å². The Morgan fingerprint density at radius 2 is 2.10 bits per heavy atom. The monoisotopic (exact) mass is 418 g/mol. The Bertz CT molecular complexity index is 625. The average molecular weight is 418 g/mol. The quantitative estimate of drug-likeness (QED) is 0.810. The van der Waals surface area contributed by atoms with Gasteiger partial charge in [0.05, 0.1) is 6.61 Å². The van der Waals surface area contributed by atoms with Crippen molar-refractivity contribution in [3.8, 4) is 0 Å². The van der Waals surface area contributed by atoms with Crippen molar-refractivity contribution in [3.63, 3.8) is 0 Å². The molecule has 29 heavy (non-hydrogen) atoms. The Morgan fingerprint density at radius 3 is 2.76 bits per heavy atom. The maximum absolute atomic E-state index is 12.7. The number of aliphatic hydroxyl groups excluding tert-OH is 1. The lowest BCUT2D eigenvalue weighted by molar-refractivity contribution is -0.214. The molecule has 1 saturated heterocycles. The van der Waals surface area contributed by atoms with Gasteiger partial charge in [0, 0.05) is 38.2 Å². The maximum Gasteiger partial charge on any atom is 0.427 e. The summed E-state index contributed by atoms with van der Waals surface area (Å²) in [6.07, 6.45) is -2.87. The number of pyridine rings is 1. The summed E-state index contributed by atoms with van der Waals surface area (Å²) < 4.78 is 48.4. The number of rotatable bonds is 4. The predicted octanol–water partition coefficient (Wildman–Crippen LogP) is 3.50. The van der Waals surface area contributed by atoms with Gasteiger partial charge in [0.25, 0.3) is 0 Å². The molecule has 1 amide bonds. The van der Waals surface area contributed by atoms with Crippen LogP contribution in [0.1, 0.15) is 36.9 Å². The van der Waals surface area contributed by atoms with Gasteiger partial charge in [0.1, 0.15) is 0 Å². The number of hydrogen-bond donors (Lipinski definition) is 1. The molecule has 0 aromatic carbocycles. The third-order valence-corrected chi connectivity index (χ3v) is 4.86. The molecule has 2 rings (SSSR count). The van der Waals surface area contributed by atoms with Crippen molar-refractivity contribution in [2.24, 2.45) is 5.92 Å². The SMILES string of the molecule is Cc1ccc(CC2CCCCN(C(=O)O[C@H](CO)C(F)(F)F)CCCOC2)nc1. The molecule has 0 aliphatic carbocycles. The van der Waals surface area contributed by atoms with Crippen LogP contribution in [0.2, 0.25) is 0 Å². The third-order valence-electron chi connectivity index (χ3n) is 4.86. The van der Waals surface area contributed by atoms with Crippen LogP contribution in [0.5, 0.6) is 0 Å². The Morgan fingerprint density at radius 1 is 1.34 bits per heavy atom. The molecule has 0 spiro atoms. The molecule has 164 valence electrons. The van der Waals surface area contributed by atoms with E-state index in [0.29, 0.717) is 38.5 Å². The number of nitrogens with zero attached hydrogens (tertiary/aromatic N) is 2. The zero-order chi connectivity index (χ0) is 21.3. The normalized spacial score (nSPS) is 20.6. The molecule has 2 atom stereocenters. The van der Waals surface area contributed by atoms with Crippen molar-refractivity contribution >= 4 is 6.09 Å². The number of ether oxygens (including phenoxy) is 2. The molecular weight excluding hydrogens is 389 g/mol. The lowest BCUT2D eigenvalue weighted by Crippen LogP contribution is -2.42. The number of carbonyl (C=O) groups is 1. The van der Waals surface area contributed by atoms with Crippen molar-refractivity contribution in [2.75, 3.05) is 32.9 Å². The summed E-state index contributed by atoms with van der Waals surface area (Å²) in [6.45, 7) is 2.25. The van der Waals surface area contributed by atoms with Crippen molar-refractivity contribution in [3.05, 3.63) is 29.6 Å². The Kier molecular flexibility index (Phi) is 9.16. The molecule has 9 heteroatoms. The molecule has 0 bridgehead atoms. The van der Waals surface area contributed by atoms with Crippen LogP contribution in [-0.2, 0) is 15.9 Å². The fourth-order valence-corrected chi connectivity index (χ4v) is 3.20. The molecule has 6 nitrogen and oxygen atoms in total. The molecular formula is C20H29F3N2O4. The average Bonchev–Trinajstić information content (AvgIpc) is 2.72. The number of hydrogen-bond acceptors (Lipinski definition) is 5. The van der Waals surface area contributed by atoms with E-state index in [-0.39, 0.29) is 6.54 Å². The van der Waals surface area contributed by atoms with Gasteiger partial charge in [0.15, 0.2) is 0 Å². The third kappa shape index (κ3) is 8.18. The minimum atomic E-state index is -4.79. The Hall–Kier alpha value is -1.87. The molecule has 1 aromatic rings. The first-order chi connectivity index (χ1) is 13.8. The van der Waals surface area contributed by atoms with Crippen LogP contribution in [-0.4, -0.2) is 66.3 Å². The standard InChI is InChI=1S/C20H29F3N2O4/c1-15-6-7-17(24-12-15)11-16-5-2-3-8-25(9-4-10-28-14-16)19(27)29-18(13-26)20(21,22)23/h6-7,12,16,18,26H,2-5,8-11,13-14H2,1H3/t16?,18-/m1/s1. The first kappa shape index (κ1) is 23.4. The number of aromatic nitrogens is 1. The molecule has 0 saturated carbocycles. The highest BCUT2D eigenvalue weighted by Crippen LogP contribution is 2.23. The second kappa shape index (κ2) is 11.3. The van der Waals surface area contributed by atoms with Crippen molar-refractivity contribution < 1.29 is 32.5 Å². The number of alkyl halides is 3. The second-order valence-electron chi connectivity index (χ2n) is 7.40. The van der Waals surface area contributed by atoms with E-state index in [9.17, 15) is 18.0 Å². The predicted molar refractivity (Wildman–Crippen MR) is 100 cm³/mol. The smallest absolute Gasteiger partial charge is 0.427 e. The molecule has 2 heterocycles. The van der Waals surface area contributed by atoms with E-state index in [1.54, 1.807) is 0 Å². The first-order valence-corrected chi connectivity index (χ1v) is 9.92. The van der Waals surface area contributed by atoms with Gasteiger partial charge in [-0.05, 0) is 50.2 Å². The lowest BCUT2D eigenvalue weighted by Gasteiger charge is -2.25.